The van der Waals surface area contributed by atoms with Crippen molar-refractivity contribution >= 4 is 5.82 Å². The van der Waals surface area contributed by atoms with Crippen molar-refractivity contribution in [2.45, 2.75) is 31.8 Å². The minimum absolute atomic E-state index is 0.208. The van der Waals surface area contributed by atoms with Crippen molar-refractivity contribution in [2.75, 3.05) is 5.73 Å². The number of nitrogens with two attached hydrogens (primary N) is 1. The molecule has 0 saturated heterocycles. The van der Waals surface area contributed by atoms with Gasteiger partial charge in [0, 0.05) is 16.7 Å². The molecule has 0 unspecified atom stereocenters. The number of nitrogen functional groups attached to an aromatic ring is 1. The van der Waals surface area contributed by atoms with Gasteiger partial charge in [0.15, 0.2) is 11.6 Å². The van der Waals surface area contributed by atoms with Gasteiger partial charge in [-0.2, -0.15) is 5.21 Å². The lowest BCUT2D eigenvalue weighted by molar-refractivity contribution is 0.279. The number of benzene rings is 2. The third-order valence-corrected chi connectivity index (χ3v) is 5.53. The number of aromatic amines is 1. The number of nitrogens with zero attached hydrogens (tertiary/aromatic N) is 5. The van der Waals surface area contributed by atoms with Crippen molar-refractivity contribution in [2.24, 2.45) is 0 Å². The second-order valence-corrected chi connectivity index (χ2v) is 7.52. The lowest BCUT2D eigenvalue weighted by Gasteiger charge is -2.28. The van der Waals surface area contributed by atoms with E-state index in [1.54, 1.807) is 6.07 Å². The van der Waals surface area contributed by atoms with Crippen LogP contribution in [0.2, 0.25) is 0 Å². The summed E-state index contributed by atoms with van der Waals surface area (Å²) in [5, 5.41) is 14.0. The lowest BCUT2D eigenvalue weighted by Crippen LogP contribution is -2.12. The summed E-state index contributed by atoms with van der Waals surface area (Å²) in [7, 11) is 0. The Morgan fingerprint density at radius 3 is 2.74 bits per heavy atom. The molecule has 0 bridgehead atoms. The number of H-pyrrole nitrogens is 1. The molecule has 4 aromatic rings. The fourth-order valence-corrected chi connectivity index (χ4v) is 3.67. The van der Waals surface area contributed by atoms with E-state index in [9.17, 15) is 0 Å². The summed E-state index contributed by atoms with van der Waals surface area (Å²) in [4.78, 5) is 8.24. The number of rotatable bonds is 6. The monoisotopic (exact) mass is 417 g/mol. The molecule has 2 aromatic carbocycles. The Bertz CT molecular complexity index is 1190. The van der Waals surface area contributed by atoms with Gasteiger partial charge in [-0.3, -0.25) is 4.98 Å². The summed E-state index contributed by atoms with van der Waals surface area (Å²) in [5.41, 5.74) is 8.94. The van der Waals surface area contributed by atoms with Gasteiger partial charge in [-0.15, -0.1) is 10.2 Å². The molecule has 9 heteroatoms. The minimum Gasteiger partial charge on any atom is -0.486 e. The molecule has 156 valence electrons. The number of halogens is 1. The molecule has 0 radical (unpaired) electrons. The van der Waals surface area contributed by atoms with Crippen LogP contribution in [0, 0.1) is 5.82 Å². The molecule has 0 amide bonds. The van der Waals surface area contributed by atoms with Crippen LogP contribution in [0.5, 0.6) is 5.75 Å². The number of nitrogens with one attached hydrogen (secondary N) is 1. The molecule has 2 heterocycles. The van der Waals surface area contributed by atoms with Gasteiger partial charge >= 0.3 is 0 Å². The van der Waals surface area contributed by atoms with Crippen LogP contribution >= 0.6 is 0 Å². The molecule has 1 saturated carbocycles. The Balaban J connectivity index is 1.46. The van der Waals surface area contributed by atoms with E-state index < -0.39 is 5.82 Å². The SMILES string of the molecule is Nc1cnc(-c2ccc(C3CCC3)c(OCc3cccc(-c4nn[nH]n4)c3)c2F)cn1. The highest BCUT2D eigenvalue weighted by molar-refractivity contribution is 5.64. The molecule has 1 aliphatic rings. The highest BCUT2D eigenvalue weighted by Gasteiger charge is 2.27. The molecule has 8 nitrogen and oxygen atoms in total. The lowest BCUT2D eigenvalue weighted by atomic mass is 9.79. The second-order valence-electron chi connectivity index (χ2n) is 7.52. The molecule has 0 spiro atoms. The van der Waals surface area contributed by atoms with Gasteiger partial charge < -0.3 is 10.5 Å². The number of anilines is 1. The van der Waals surface area contributed by atoms with Crippen LogP contribution in [0.4, 0.5) is 10.2 Å². The van der Waals surface area contributed by atoms with E-state index in [2.05, 4.69) is 30.6 Å². The fraction of sp³-hybridized carbons (Fsp3) is 0.227. The summed E-state index contributed by atoms with van der Waals surface area (Å²) < 4.78 is 21.6. The van der Waals surface area contributed by atoms with Crippen LogP contribution in [-0.2, 0) is 6.61 Å². The van der Waals surface area contributed by atoms with Gasteiger partial charge in [0.05, 0.1) is 18.1 Å². The molecule has 2 aromatic heterocycles. The quantitative estimate of drug-likeness (QED) is 0.489. The predicted octanol–water partition coefficient (Wildman–Crippen LogP) is 3.89. The number of tetrazole rings is 1. The van der Waals surface area contributed by atoms with Crippen LogP contribution < -0.4 is 10.5 Å². The summed E-state index contributed by atoms with van der Waals surface area (Å²) >= 11 is 0. The molecule has 1 fully saturated rings. The van der Waals surface area contributed by atoms with E-state index in [-0.39, 0.29) is 18.2 Å². The number of ether oxygens (including phenoxy) is 1. The molecular formula is C22H20FN7O. The van der Waals surface area contributed by atoms with E-state index in [0.717, 1.165) is 36.0 Å². The highest BCUT2D eigenvalue weighted by Crippen LogP contribution is 2.44. The summed E-state index contributed by atoms with van der Waals surface area (Å²) in [6, 6.07) is 11.3. The van der Waals surface area contributed by atoms with Gasteiger partial charge in [0.25, 0.3) is 0 Å². The van der Waals surface area contributed by atoms with Crippen LogP contribution in [0.25, 0.3) is 22.6 Å². The number of aromatic nitrogens is 6. The normalized spacial score (nSPS) is 13.7. The second kappa shape index (κ2) is 8.10. The molecule has 31 heavy (non-hydrogen) atoms. The largest absolute Gasteiger partial charge is 0.486 e. The molecule has 5 rings (SSSR count). The Morgan fingerprint density at radius 2 is 2.03 bits per heavy atom. The molecule has 0 atom stereocenters. The first-order valence-corrected chi connectivity index (χ1v) is 10.0. The number of hydrogen-bond acceptors (Lipinski definition) is 7. The molecule has 3 N–H and O–H groups in total. The standard InChI is InChI=1S/C22H20FN7O/c23-20-17(18-10-26-19(24)11-25-18)8-7-16(14-4-2-5-14)21(20)31-12-13-3-1-6-15(9-13)22-27-29-30-28-22/h1,3,6-11,14H,2,4-5,12H2,(H2,24,26)(H,27,28,29,30). The van der Waals surface area contributed by atoms with Crippen LogP contribution in [0.15, 0.2) is 48.8 Å². The van der Waals surface area contributed by atoms with Crippen molar-refractivity contribution in [1.29, 1.82) is 0 Å². The van der Waals surface area contributed by atoms with Gasteiger partial charge in [-0.1, -0.05) is 30.7 Å². The minimum atomic E-state index is -0.433. The average molecular weight is 417 g/mol. The molecular weight excluding hydrogens is 397 g/mol. The average Bonchev–Trinajstić information content (AvgIpc) is 3.28. The van der Waals surface area contributed by atoms with Gasteiger partial charge in [0.1, 0.15) is 12.4 Å². The number of hydrogen-bond donors (Lipinski definition) is 2. The Kier molecular flexibility index (Phi) is 4.99. The van der Waals surface area contributed by atoms with Crippen LogP contribution in [0.3, 0.4) is 0 Å². The van der Waals surface area contributed by atoms with Crippen molar-refractivity contribution < 1.29 is 9.13 Å². The predicted molar refractivity (Wildman–Crippen MR) is 112 cm³/mol. The molecule has 0 aliphatic heterocycles. The maximum absolute atomic E-state index is 15.6. The summed E-state index contributed by atoms with van der Waals surface area (Å²) in [5.74, 6) is 0.922. The van der Waals surface area contributed by atoms with Crippen molar-refractivity contribution in [3.63, 3.8) is 0 Å². The highest BCUT2D eigenvalue weighted by atomic mass is 19.1. The van der Waals surface area contributed by atoms with Crippen LogP contribution in [0.1, 0.15) is 36.3 Å². The topological polar surface area (TPSA) is 115 Å². The zero-order valence-corrected chi connectivity index (χ0v) is 16.6. The van der Waals surface area contributed by atoms with Gasteiger partial charge in [-0.25, -0.2) is 9.37 Å². The third kappa shape index (κ3) is 3.81. The zero-order chi connectivity index (χ0) is 21.2. The smallest absolute Gasteiger partial charge is 0.204 e. The summed E-state index contributed by atoms with van der Waals surface area (Å²) in [6.45, 7) is 0.208. The Morgan fingerprint density at radius 1 is 1.13 bits per heavy atom. The van der Waals surface area contributed by atoms with Crippen molar-refractivity contribution in [1.82, 2.24) is 30.6 Å². The Hall–Kier alpha value is -3.88. The van der Waals surface area contributed by atoms with E-state index in [0.29, 0.717) is 23.0 Å². The first-order valence-electron chi connectivity index (χ1n) is 10.0. The van der Waals surface area contributed by atoms with E-state index in [1.807, 2.05) is 30.3 Å². The Labute approximate surface area is 177 Å². The van der Waals surface area contributed by atoms with E-state index in [4.69, 9.17) is 10.5 Å². The van der Waals surface area contributed by atoms with E-state index in [1.165, 1.54) is 12.4 Å². The zero-order valence-electron chi connectivity index (χ0n) is 16.6. The summed E-state index contributed by atoms with van der Waals surface area (Å²) in [6.07, 6.45) is 6.09. The van der Waals surface area contributed by atoms with E-state index >= 15 is 4.39 Å². The fourth-order valence-electron chi connectivity index (χ4n) is 3.67. The van der Waals surface area contributed by atoms with Crippen LogP contribution in [-0.4, -0.2) is 30.6 Å². The first-order chi connectivity index (χ1) is 15.2. The molecule has 1 aliphatic carbocycles. The maximum atomic E-state index is 15.6. The van der Waals surface area contributed by atoms with Crippen molar-refractivity contribution in [3.8, 4) is 28.4 Å². The van der Waals surface area contributed by atoms with Gasteiger partial charge in [-0.05, 0) is 41.7 Å². The van der Waals surface area contributed by atoms with Gasteiger partial charge in [0.2, 0.25) is 5.82 Å². The van der Waals surface area contributed by atoms with Crippen molar-refractivity contribution in [3.05, 3.63) is 65.7 Å². The maximum Gasteiger partial charge on any atom is 0.204 e. The third-order valence-electron chi connectivity index (χ3n) is 5.53. The first kappa shape index (κ1) is 19.1.